The maximum absolute atomic E-state index is 12.8. The highest BCUT2D eigenvalue weighted by molar-refractivity contribution is 5.44. The van der Waals surface area contributed by atoms with Crippen molar-refractivity contribution in [2.45, 2.75) is 38.9 Å². The Morgan fingerprint density at radius 2 is 1.74 bits per heavy atom. The van der Waals surface area contributed by atoms with Gasteiger partial charge in [-0.15, -0.1) is 0 Å². The third kappa shape index (κ3) is 3.57. The first-order chi connectivity index (χ1) is 12.8. The van der Waals surface area contributed by atoms with Crippen LogP contribution in [0.15, 0.2) is 24.4 Å². The van der Waals surface area contributed by atoms with Gasteiger partial charge in [0, 0.05) is 37.2 Å². The van der Waals surface area contributed by atoms with Gasteiger partial charge in [-0.05, 0) is 50.8 Å². The molecule has 2 atom stereocenters. The molecule has 0 saturated carbocycles. The van der Waals surface area contributed by atoms with E-state index in [2.05, 4.69) is 24.8 Å². The number of aryl methyl sites for hydroxylation is 2. The summed E-state index contributed by atoms with van der Waals surface area (Å²) in [5.74, 6) is 1.90. The lowest BCUT2D eigenvalue weighted by atomic mass is 9.92. The summed E-state index contributed by atoms with van der Waals surface area (Å²) in [5, 5.41) is 0. The molecule has 5 nitrogen and oxygen atoms in total. The van der Waals surface area contributed by atoms with Crippen molar-refractivity contribution in [3.63, 3.8) is 0 Å². The van der Waals surface area contributed by atoms with E-state index in [9.17, 15) is 13.2 Å². The highest BCUT2D eigenvalue weighted by Crippen LogP contribution is 2.36. The Balaban J connectivity index is 1.54. The fraction of sp³-hybridized carbons (Fsp3) is 0.526. The summed E-state index contributed by atoms with van der Waals surface area (Å²) in [7, 11) is 0. The molecule has 4 heterocycles. The zero-order valence-corrected chi connectivity index (χ0v) is 15.4. The zero-order chi connectivity index (χ0) is 19.2. The minimum absolute atomic E-state index is 0.254. The van der Waals surface area contributed by atoms with Crippen LogP contribution in [0.4, 0.5) is 24.9 Å². The topological polar surface area (TPSA) is 45.2 Å². The number of anilines is 2. The van der Waals surface area contributed by atoms with E-state index in [4.69, 9.17) is 0 Å². The van der Waals surface area contributed by atoms with Crippen LogP contribution in [0.25, 0.3) is 0 Å². The van der Waals surface area contributed by atoms with Gasteiger partial charge in [0.25, 0.3) is 0 Å². The summed E-state index contributed by atoms with van der Waals surface area (Å²) in [4.78, 5) is 17.6. The number of aromatic nitrogens is 3. The van der Waals surface area contributed by atoms with Gasteiger partial charge in [0.05, 0.1) is 11.6 Å². The molecule has 0 aromatic carbocycles. The fourth-order valence-corrected chi connectivity index (χ4v) is 4.17. The molecule has 2 saturated heterocycles. The van der Waals surface area contributed by atoms with Crippen LogP contribution in [0.1, 0.15) is 29.8 Å². The molecule has 0 amide bonds. The number of fused-ring (bicyclic) bond motifs is 1. The van der Waals surface area contributed by atoms with Gasteiger partial charge in [-0.1, -0.05) is 0 Å². The lowest BCUT2D eigenvalue weighted by Gasteiger charge is -2.39. The summed E-state index contributed by atoms with van der Waals surface area (Å²) in [6, 6.07) is 4.78. The van der Waals surface area contributed by atoms with E-state index in [-0.39, 0.29) is 6.04 Å². The Kier molecular flexibility index (Phi) is 4.44. The molecule has 0 bridgehead atoms. The van der Waals surface area contributed by atoms with Gasteiger partial charge >= 0.3 is 6.18 Å². The van der Waals surface area contributed by atoms with Crippen LogP contribution in [0, 0.1) is 19.8 Å². The van der Waals surface area contributed by atoms with Crippen LogP contribution in [-0.2, 0) is 6.18 Å². The minimum Gasteiger partial charge on any atom is -0.355 e. The largest absolute Gasteiger partial charge is 0.417 e. The molecule has 0 N–H and O–H groups in total. The maximum atomic E-state index is 12.8. The first kappa shape index (κ1) is 18.0. The van der Waals surface area contributed by atoms with Crippen molar-refractivity contribution in [2.24, 2.45) is 5.92 Å². The van der Waals surface area contributed by atoms with Gasteiger partial charge in [0.1, 0.15) is 5.82 Å². The van der Waals surface area contributed by atoms with Crippen molar-refractivity contribution in [2.75, 3.05) is 29.4 Å². The number of pyridine rings is 1. The smallest absolute Gasteiger partial charge is 0.355 e. The predicted octanol–water partition coefficient (Wildman–Crippen LogP) is 3.61. The van der Waals surface area contributed by atoms with Crippen molar-refractivity contribution in [3.05, 3.63) is 41.3 Å². The van der Waals surface area contributed by atoms with Crippen molar-refractivity contribution in [3.8, 4) is 0 Å². The molecule has 2 aromatic rings. The Bertz CT molecular complexity index is 801. The first-order valence-corrected chi connectivity index (χ1v) is 9.18. The summed E-state index contributed by atoms with van der Waals surface area (Å²) in [5.41, 5.74) is 1.17. The highest BCUT2D eigenvalue weighted by Gasteiger charge is 2.40. The van der Waals surface area contributed by atoms with Crippen LogP contribution in [0.5, 0.6) is 0 Å². The van der Waals surface area contributed by atoms with E-state index in [1.54, 1.807) is 0 Å². The van der Waals surface area contributed by atoms with Crippen molar-refractivity contribution >= 4 is 11.8 Å². The maximum Gasteiger partial charge on any atom is 0.417 e. The number of nitrogens with zero attached hydrogens (tertiary/aromatic N) is 5. The van der Waals surface area contributed by atoms with Crippen LogP contribution < -0.4 is 9.80 Å². The monoisotopic (exact) mass is 377 g/mol. The molecular weight excluding hydrogens is 355 g/mol. The zero-order valence-electron chi connectivity index (χ0n) is 15.4. The molecule has 0 aliphatic carbocycles. The number of alkyl halides is 3. The highest BCUT2D eigenvalue weighted by atomic mass is 19.4. The predicted molar refractivity (Wildman–Crippen MR) is 96.8 cm³/mol. The molecule has 0 spiro atoms. The lowest BCUT2D eigenvalue weighted by molar-refractivity contribution is -0.137. The molecule has 144 valence electrons. The molecule has 2 aromatic heterocycles. The average Bonchev–Trinajstić information content (AvgIpc) is 3.03. The summed E-state index contributed by atoms with van der Waals surface area (Å²) < 4.78 is 38.3. The van der Waals surface area contributed by atoms with Gasteiger partial charge in [0.2, 0.25) is 5.95 Å². The fourth-order valence-electron chi connectivity index (χ4n) is 4.17. The molecule has 2 aliphatic heterocycles. The molecule has 2 fully saturated rings. The second-order valence-electron chi connectivity index (χ2n) is 7.40. The van der Waals surface area contributed by atoms with Crippen LogP contribution in [-0.4, -0.2) is 40.6 Å². The molecular formula is C19H22F3N5. The van der Waals surface area contributed by atoms with Crippen molar-refractivity contribution < 1.29 is 13.2 Å². The van der Waals surface area contributed by atoms with E-state index in [1.807, 2.05) is 19.9 Å². The van der Waals surface area contributed by atoms with Crippen molar-refractivity contribution in [1.29, 1.82) is 0 Å². The third-order valence-corrected chi connectivity index (χ3v) is 5.49. The van der Waals surface area contributed by atoms with Gasteiger partial charge < -0.3 is 9.80 Å². The van der Waals surface area contributed by atoms with Gasteiger partial charge in [-0.25, -0.2) is 15.0 Å². The van der Waals surface area contributed by atoms with Gasteiger partial charge in [-0.3, -0.25) is 0 Å². The lowest BCUT2D eigenvalue weighted by Crippen LogP contribution is -2.49. The molecule has 2 aliphatic rings. The van der Waals surface area contributed by atoms with E-state index < -0.39 is 11.7 Å². The number of halogens is 3. The summed E-state index contributed by atoms with van der Waals surface area (Å²) in [6.45, 7) is 6.36. The minimum atomic E-state index is -4.36. The summed E-state index contributed by atoms with van der Waals surface area (Å²) in [6.07, 6.45) is -1.36. The second kappa shape index (κ2) is 6.65. The third-order valence-electron chi connectivity index (χ3n) is 5.49. The van der Waals surface area contributed by atoms with Crippen molar-refractivity contribution in [1.82, 2.24) is 15.0 Å². The van der Waals surface area contributed by atoms with Crippen LogP contribution in [0.3, 0.4) is 0 Å². The van der Waals surface area contributed by atoms with Gasteiger partial charge in [-0.2, -0.15) is 13.2 Å². The molecule has 8 heteroatoms. The Labute approximate surface area is 156 Å². The Morgan fingerprint density at radius 3 is 2.37 bits per heavy atom. The molecule has 4 rings (SSSR count). The quantitative estimate of drug-likeness (QED) is 0.800. The number of piperidine rings is 1. The van der Waals surface area contributed by atoms with Crippen LogP contribution in [0.2, 0.25) is 0 Å². The second-order valence-corrected chi connectivity index (χ2v) is 7.40. The molecule has 2 unspecified atom stereocenters. The van der Waals surface area contributed by atoms with E-state index in [1.165, 1.54) is 6.07 Å². The Hall–Kier alpha value is -2.38. The molecule has 0 radical (unpaired) electrons. The SMILES string of the molecule is Cc1cc(C)nc(N2CCC3CCN(c4ccc(C(F)(F)F)cn4)CC32)n1. The standard InChI is InChI=1S/C19H22F3N5/c1-12-9-13(2)25-18(24-12)27-8-6-14-5-7-26(11-16(14)27)17-4-3-15(10-23-17)19(20,21)22/h3-4,9-10,14,16H,5-8,11H2,1-2H3. The van der Waals surface area contributed by atoms with Gasteiger partial charge in [0.15, 0.2) is 0 Å². The normalized spacial score (nSPS) is 22.9. The Morgan fingerprint density at radius 1 is 1.04 bits per heavy atom. The molecule has 27 heavy (non-hydrogen) atoms. The average molecular weight is 377 g/mol. The summed E-state index contributed by atoms with van der Waals surface area (Å²) >= 11 is 0. The van der Waals surface area contributed by atoms with E-state index in [0.717, 1.165) is 62.1 Å². The first-order valence-electron chi connectivity index (χ1n) is 9.18. The van der Waals surface area contributed by atoms with E-state index >= 15 is 0 Å². The van der Waals surface area contributed by atoms with E-state index in [0.29, 0.717) is 11.7 Å². The van der Waals surface area contributed by atoms with Crippen LogP contribution >= 0.6 is 0 Å². The number of rotatable bonds is 2. The number of hydrogen-bond donors (Lipinski definition) is 0. The number of hydrogen-bond acceptors (Lipinski definition) is 5.